The summed E-state index contributed by atoms with van der Waals surface area (Å²) in [4.78, 5) is 13.7. The third-order valence-corrected chi connectivity index (χ3v) is 6.87. The van der Waals surface area contributed by atoms with Gasteiger partial charge in [0.15, 0.2) is 0 Å². The molecule has 1 aliphatic heterocycles. The lowest BCUT2D eigenvalue weighted by atomic mass is 10.3. The number of benzene rings is 1. The summed E-state index contributed by atoms with van der Waals surface area (Å²) < 4.78 is 43.1. The maximum absolute atomic E-state index is 13.1. The lowest BCUT2D eigenvalue weighted by Gasteiger charge is -2.22. The number of halogens is 1. The maximum atomic E-state index is 13.1. The van der Waals surface area contributed by atoms with Gasteiger partial charge in [-0.2, -0.15) is 4.31 Å². The summed E-state index contributed by atoms with van der Waals surface area (Å²) in [5, 5.41) is 0.333. The zero-order chi connectivity index (χ0) is 21.0. The van der Waals surface area contributed by atoms with E-state index in [9.17, 15) is 13.2 Å². The third kappa shape index (κ3) is 4.92. The van der Waals surface area contributed by atoms with Crippen LogP contribution in [-0.2, 0) is 21.3 Å². The minimum absolute atomic E-state index is 0.0645. The number of ether oxygens (including phenoxy) is 2. The SMILES string of the molecule is COC(=O)c1ccc(CN2CCCN(S(=O)(=O)c3cc(Cl)ccc3OC)CC2)o1. The van der Waals surface area contributed by atoms with Gasteiger partial charge in [0.1, 0.15) is 16.4 Å². The highest BCUT2D eigenvalue weighted by atomic mass is 35.5. The summed E-state index contributed by atoms with van der Waals surface area (Å²) in [5.41, 5.74) is 0. The molecule has 0 saturated carbocycles. The second-order valence-corrected chi connectivity index (χ2v) is 8.93. The molecule has 0 aliphatic carbocycles. The first-order valence-corrected chi connectivity index (χ1v) is 10.9. The van der Waals surface area contributed by atoms with Crippen molar-refractivity contribution < 1.29 is 27.1 Å². The van der Waals surface area contributed by atoms with E-state index in [-0.39, 0.29) is 16.4 Å². The first-order chi connectivity index (χ1) is 13.8. The minimum Gasteiger partial charge on any atom is -0.495 e. The Morgan fingerprint density at radius 1 is 1.14 bits per heavy atom. The molecule has 1 aliphatic rings. The van der Waals surface area contributed by atoms with Crippen LogP contribution in [0.25, 0.3) is 0 Å². The number of methoxy groups -OCH3 is 2. The van der Waals surface area contributed by atoms with E-state index in [0.717, 1.165) is 0 Å². The smallest absolute Gasteiger partial charge is 0.373 e. The van der Waals surface area contributed by atoms with Gasteiger partial charge < -0.3 is 13.9 Å². The largest absolute Gasteiger partial charge is 0.495 e. The van der Waals surface area contributed by atoms with Crippen molar-refractivity contribution in [3.8, 4) is 5.75 Å². The molecule has 2 aromatic rings. The zero-order valence-corrected chi connectivity index (χ0v) is 17.8. The van der Waals surface area contributed by atoms with E-state index in [1.54, 1.807) is 24.3 Å². The van der Waals surface area contributed by atoms with Gasteiger partial charge in [0.05, 0.1) is 20.8 Å². The van der Waals surface area contributed by atoms with Crippen molar-refractivity contribution >= 4 is 27.6 Å². The molecule has 0 radical (unpaired) electrons. The first-order valence-electron chi connectivity index (χ1n) is 9.08. The number of carbonyl (C=O) groups excluding carboxylic acids is 1. The molecule has 10 heteroatoms. The fourth-order valence-corrected chi connectivity index (χ4v) is 5.12. The molecule has 0 N–H and O–H groups in total. The molecular formula is C19H23ClN2O6S. The molecule has 0 amide bonds. The Kier molecular flexibility index (Phi) is 6.84. The summed E-state index contributed by atoms with van der Waals surface area (Å²) in [5.74, 6) is 0.508. The molecule has 158 valence electrons. The van der Waals surface area contributed by atoms with Crippen LogP contribution in [0.3, 0.4) is 0 Å². The van der Waals surface area contributed by atoms with Crippen LogP contribution in [0, 0.1) is 0 Å². The average molecular weight is 443 g/mol. The summed E-state index contributed by atoms with van der Waals surface area (Å²) in [6.07, 6.45) is 0.659. The lowest BCUT2D eigenvalue weighted by Crippen LogP contribution is -2.35. The fraction of sp³-hybridized carbons (Fsp3) is 0.421. The molecule has 1 saturated heterocycles. The third-order valence-electron chi connectivity index (χ3n) is 4.72. The molecule has 1 fully saturated rings. The maximum Gasteiger partial charge on any atom is 0.373 e. The van der Waals surface area contributed by atoms with Gasteiger partial charge in [-0.1, -0.05) is 11.6 Å². The van der Waals surface area contributed by atoms with Gasteiger partial charge in [-0.15, -0.1) is 0 Å². The fourth-order valence-electron chi connectivity index (χ4n) is 3.23. The molecule has 0 atom stereocenters. The molecule has 29 heavy (non-hydrogen) atoms. The highest BCUT2D eigenvalue weighted by Gasteiger charge is 2.30. The Bertz CT molecular complexity index is 975. The van der Waals surface area contributed by atoms with Crippen LogP contribution in [0.15, 0.2) is 39.6 Å². The van der Waals surface area contributed by atoms with Crippen molar-refractivity contribution in [3.63, 3.8) is 0 Å². The molecule has 0 spiro atoms. The van der Waals surface area contributed by atoms with Crippen LogP contribution >= 0.6 is 11.6 Å². The topological polar surface area (TPSA) is 89.3 Å². The average Bonchev–Trinajstić information content (AvgIpc) is 3.04. The van der Waals surface area contributed by atoms with Crippen molar-refractivity contribution in [3.05, 3.63) is 46.9 Å². The Morgan fingerprint density at radius 2 is 1.93 bits per heavy atom. The van der Waals surface area contributed by atoms with Crippen molar-refractivity contribution in [1.29, 1.82) is 0 Å². The van der Waals surface area contributed by atoms with E-state index < -0.39 is 16.0 Å². The number of esters is 1. The normalized spacial score (nSPS) is 16.4. The number of rotatable bonds is 6. The van der Waals surface area contributed by atoms with Gasteiger partial charge in [-0.3, -0.25) is 4.90 Å². The summed E-state index contributed by atoms with van der Waals surface area (Å²) in [6.45, 7) is 2.41. The van der Waals surface area contributed by atoms with Crippen LogP contribution in [-0.4, -0.2) is 64.0 Å². The van der Waals surface area contributed by atoms with Gasteiger partial charge in [0, 0.05) is 24.7 Å². The quantitative estimate of drug-likeness (QED) is 0.635. The van der Waals surface area contributed by atoms with Crippen LogP contribution in [0.4, 0.5) is 0 Å². The monoisotopic (exact) mass is 442 g/mol. The molecule has 3 rings (SSSR count). The second-order valence-electron chi connectivity index (χ2n) is 6.59. The zero-order valence-electron chi connectivity index (χ0n) is 16.3. The molecule has 1 aromatic heterocycles. The first kappa shape index (κ1) is 21.6. The van der Waals surface area contributed by atoms with E-state index in [0.29, 0.717) is 49.9 Å². The summed E-state index contributed by atoms with van der Waals surface area (Å²) in [7, 11) is -1.02. The molecule has 1 aromatic carbocycles. The molecule has 0 unspecified atom stereocenters. The Morgan fingerprint density at radius 3 is 2.66 bits per heavy atom. The number of hydrogen-bond donors (Lipinski definition) is 0. The predicted molar refractivity (Wildman–Crippen MR) is 107 cm³/mol. The van der Waals surface area contributed by atoms with E-state index in [2.05, 4.69) is 9.64 Å². The molecule has 8 nitrogen and oxygen atoms in total. The number of hydrogen-bond acceptors (Lipinski definition) is 7. The van der Waals surface area contributed by atoms with E-state index >= 15 is 0 Å². The number of sulfonamides is 1. The van der Waals surface area contributed by atoms with E-state index in [1.165, 1.54) is 24.6 Å². The van der Waals surface area contributed by atoms with Crippen molar-refractivity contribution in [2.75, 3.05) is 40.4 Å². The summed E-state index contributed by atoms with van der Waals surface area (Å²) >= 11 is 6.01. The van der Waals surface area contributed by atoms with Gasteiger partial charge in [0.25, 0.3) is 0 Å². The molecule has 0 bridgehead atoms. The summed E-state index contributed by atoms with van der Waals surface area (Å²) in [6, 6.07) is 7.85. The minimum atomic E-state index is -3.74. The van der Waals surface area contributed by atoms with Crippen LogP contribution in [0.1, 0.15) is 22.7 Å². The Labute approximate surface area is 175 Å². The lowest BCUT2D eigenvalue weighted by molar-refractivity contribution is 0.0561. The highest BCUT2D eigenvalue weighted by Crippen LogP contribution is 2.30. The van der Waals surface area contributed by atoms with Crippen LogP contribution in [0.2, 0.25) is 5.02 Å². The number of furan rings is 1. The van der Waals surface area contributed by atoms with Gasteiger partial charge >= 0.3 is 5.97 Å². The van der Waals surface area contributed by atoms with Gasteiger partial charge in [0.2, 0.25) is 15.8 Å². The Hall–Kier alpha value is -2.07. The second kappa shape index (κ2) is 9.17. The predicted octanol–water partition coefficient (Wildman–Crippen LogP) is 2.62. The van der Waals surface area contributed by atoms with Crippen molar-refractivity contribution in [1.82, 2.24) is 9.21 Å². The number of carbonyl (C=O) groups is 1. The van der Waals surface area contributed by atoms with Crippen LogP contribution in [0.5, 0.6) is 5.75 Å². The molecule has 2 heterocycles. The Balaban J connectivity index is 1.70. The molecular weight excluding hydrogens is 420 g/mol. The van der Waals surface area contributed by atoms with Gasteiger partial charge in [-0.05, 0) is 43.3 Å². The standard InChI is InChI=1S/C19H23ClN2O6S/c1-26-16-6-4-14(20)12-18(16)29(24,25)22-9-3-8-21(10-11-22)13-15-5-7-17(28-15)19(23)27-2/h4-7,12H,3,8-11,13H2,1-2H3. The highest BCUT2D eigenvalue weighted by molar-refractivity contribution is 7.89. The van der Waals surface area contributed by atoms with Gasteiger partial charge in [-0.25, -0.2) is 13.2 Å². The van der Waals surface area contributed by atoms with E-state index in [4.69, 9.17) is 20.8 Å². The van der Waals surface area contributed by atoms with E-state index in [1.807, 2.05) is 0 Å². The number of nitrogens with zero attached hydrogens (tertiary/aromatic N) is 2. The van der Waals surface area contributed by atoms with Crippen molar-refractivity contribution in [2.45, 2.75) is 17.9 Å². The van der Waals surface area contributed by atoms with Crippen LogP contribution < -0.4 is 4.74 Å². The van der Waals surface area contributed by atoms with Crippen molar-refractivity contribution in [2.24, 2.45) is 0 Å².